The monoisotopic (exact) mass is 548 g/mol. The van der Waals surface area contributed by atoms with Crippen LogP contribution in [0.5, 0.6) is 0 Å². The summed E-state index contributed by atoms with van der Waals surface area (Å²) in [6.07, 6.45) is 5.80. The zero-order chi connectivity index (χ0) is 27.2. The molecule has 2 unspecified atom stereocenters. The maximum Gasteiger partial charge on any atom is 0.161 e. The number of rotatable bonds is 7. The number of benzene rings is 1. The number of fused-ring (bicyclic) bond motifs is 2. The number of thiazole rings is 1. The van der Waals surface area contributed by atoms with E-state index >= 15 is 0 Å². The summed E-state index contributed by atoms with van der Waals surface area (Å²) in [5.74, 6) is 1.74. The van der Waals surface area contributed by atoms with Crippen molar-refractivity contribution in [2.45, 2.75) is 52.2 Å². The first-order chi connectivity index (χ1) is 19.5. The third kappa shape index (κ3) is 5.02. The number of aromatic nitrogens is 6. The fourth-order valence-corrected chi connectivity index (χ4v) is 6.66. The van der Waals surface area contributed by atoms with Crippen LogP contribution in [0.3, 0.4) is 0 Å². The Hall–Kier alpha value is -3.95. The van der Waals surface area contributed by atoms with Crippen LogP contribution in [0, 0.1) is 20.8 Å². The second-order valence-corrected chi connectivity index (χ2v) is 12.3. The molecule has 5 aromatic rings. The molecule has 0 spiro atoms. The van der Waals surface area contributed by atoms with Gasteiger partial charge in [-0.3, -0.25) is 10.00 Å². The summed E-state index contributed by atoms with van der Waals surface area (Å²) < 4.78 is 0. The lowest BCUT2D eigenvalue weighted by Gasteiger charge is -2.56. The van der Waals surface area contributed by atoms with Gasteiger partial charge in [-0.25, -0.2) is 19.9 Å². The Kier molecular flexibility index (Phi) is 6.40. The zero-order valence-electron chi connectivity index (χ0n) is 23.0. The van der Waals surface area contributed by atoms with Crippen LogP contribution in [-0.4, -0.2) is 60.2 Å². The van der Waals surface area contributed by atoms with E-state index < -0.39 is 0 Å². The minimum atomic E-state index is 0.565. The predicted molar refractivity (Wildman–Crippen MR) is 158 cm³/mol. The number of aryl methyl sites for hydroxylation is 3. The lowest BCUT2D eigenvalue weighted by Crippen LogP contribution is -2.68. The quantitative estimate of drug-likeness (QED) is 0.293. The molecule has 202 valence electrons. The summed E-state index contributed by atoms with van der Waals surface area (Å²) in [5.41, 5.74) is 7.44. The number of anilines is 1. The van der Waals surface area contributed by atoms with Crippen LogP contribution in [0.4, 0.5) is 5.82 Å². The van der Waals surface area contributed by atoms with Crippen molar-refractivity contribution in [1.82, 2.24) is 35.0 Å². The van der Waals surface area contributed by atoms with Gasteiger partial charge in [-0.2, -0.15) is 5.10 Å². The van der Waals surface area contributed by atoms with Gasteiger partial charge in [0.15, 0.2) is 5.82 Å². The lowest BCUT2D eigenvalue weighted by molar-refractivity contribution is -0.00867. The summed E-state index contributed by atoms with van der Waals surface area (Å²) in [6.45, 7) is 9.13. The van der Waals surface area contributed by atoms with E-state index in [9.17, 15) is 0 Å². The molecule has 0 amide bonds. The Morgan fingerprint density at radius 2 is 1.68 bits per heavy atom. The summed E-state index contributed by atoms with van der Waals surface area (Å²) in [6, 6.07) is 18.4. The van der Waals surface area contributed by atoms with Crippen molar-refractivity contribution in [2.75, 3.05) is 18.0 Å². The second-order valence-electron chi connectivity index (χ2n) is 11.0. The van der Waals surface area contributed by atoms with Crippen molar-refractivity contribution in [1.29, 1.82) is 0 Å². The first kappa shape index (κ1) is 25.0. The summed E-state index contributed by atoms with van der Waals surface area (Å²) in [7, 11) is 0. The average Bonchev–Trinajstić information content (AvgIpc) is 3.59. The number of pyridine rings is 1. The maximum atomic E-state index is 4.83. The number of hydrogen-bond acceptors (Lipinski definition) is 8. The van der Waals surface area contributed by atoms with E-state index in [2.05, 4.69) is 79.4 Å². The highest BCUT2D eigenvalue weighted by Crippen LogP contribution is 2.36. The molecule has 8 nitrogen and oxygen atoms in total. The van der Waals surface area contributed by atoms with E-state index in [4.69, 9.17) is 9.97 Å². The fourth-order valence-electron chi connectivity index (χ4n) is 5.89. The van der Waals surface area contributed by atoms with Gasteiger partial charge in [-0.15, -0.1) is 11.3 Å². The molecule has 40 heavy (non-hydrogen) atoms. The van der Waals surface area contributed by atoms with Gasteiger partial charge in [-0.05, 0) is 57.0 Å². The average molecular weight is 549 g/mol. The number of nitrogens with zero attached hydrogens (tertiary/aromatic N) is 7. The zero-order valence-corrected chi connectivity index (χ0v) is 23.8. The fraction of sp³-hybridized carbons (Fsp3) is 0.323. The Morgan fingerprint density at radius 1 is 0.875 bits per heavy atom. The number of aromatic amines is 1. The van der Waals surface area contributed by atoms with E-state index in [0.717, 1.165) is 58.8 Å². The Morgan fingerprint density at radius 3 is 2.35 bits per heavy atom. The maximum absolute atomic E-state index is 4.83. The van der Waals surface area contributed by atoms with Crippen LogP contribution in [0.15, 0.2) is 60.9 Å². The SMILES string of the molecule is Cc1cc(Cc2cc(C)[nH]n2)nc(-c2ccc(N3CC4CC(C3)N4Cc3ccc(-c4ncc(C)s4)cc3)nc2)n1. The van der Waals surface area contributed by atoms with Crippen LogP contribution < -0.4 is 4.90 Å². The van der Waals surface area contributed by atoms with Crippen molar-refractivity contribution in [3.63, 3.8) is 0 Å². The standard InChI is InChI=1S/C31H32N8S/c1-19-10-25(12-26-11-20(2)36-37-26)35-30(34-19)24-8-9-29(32-15-24)38-17-27-13-28(18-38)39(27)16-22-4-6-23(7-5-22)31-33-14-21(3)40-31/h4-11,14-15,27-28H,12-13,16-18H2,1-3H3,(H,36,37). The number of H-pyrrole nitrogens is 1. The first-order valence-electron chi connectivity index (χ1n) is 13.8. The molecule has 3 fully saturated rings. The van der Waals surface area contributed by atoms with E-state index in [1.807, 2.05) is 32.3 Å². The molecule has 1 aromatic carbocycles. The Bertz CT molecular complexity index is 1630. The van der Waals surface area contributed by atoms with Gasteiger partial charge in [0.1, 0.15) is 10.8 Å². The lowest BCUT2D eigenvalue weighted by atomic mass is 9.86. The van der Waals surface area contributed by atoms with E-state index in [-0.39, 0.29) is 0 Å². The predicted octanol–water partition coefficient (Wildman–Crippen LogP) is 5.36. The van der Waals surface area contributed by atoms with Crippen molar-refractivity contribution in [3.8, 4) is 22.0 Å². The van der Waals surface area contributed by atoms with Gasteiger partial charge in [-0.1, -0.05) is 24.3 Å². The molecule has 3 saturated heterocycles. The highest BCUT2D eigenvalue weighted by atomic mass is 32.1. The summed E-state index contributed by atoms with van der Waals surface area (Å²) >= 11 is 1.75. The van der Waals surface area contributed by atoms with E-state index in [1.54, 1.807) is 11.3 Å². The molecule has 2 bridgehead atoms. The highest BCUT2D eigenvalue weighted by molar-refractivity contribution is 7.14. The molecule has 0 aliphatic carbocycles. The molecule has 9 heteroatoms. The van der Waals surface area contributed by atoms with E-state index in [0.29, 0.717) is 24.3 Å². The molecular formula is C31H32N8S. The largest absolute Gasteiger partial charge is 0.353 e. The van der Waals surface area contributed by atoms with Gasteiger partial charge in [0.25, 0.3) is 0 Å². The van der Waals surface area contributed by atoms with Crippen LogP contribution in [0.1, 0.15) is 39.6 Å². The van der Waals surface area contributed by atoms with Crippen molar-refractivity contribution in [2.24, 2.45) is 0 Å². The van der Waals surface area contributed by atoms with Gasteiger partial charge in [0.05, 0.1) is 11.4 Å². The van der Waals surface area contributed by atoms with Crippen LogP contribution in [0.2, 0.25) is 0 Å². The van der Waals surface area contributed by atoms with Gasteiger partial charge in [0.2, 0.25) is 0 Å². The van der Waals surface area contributed by atoms with Crippen molar-refractivity contribution in [3.05, 3.63) is 94.1 Å². The first-order valence-corrected chi connectivity index (χ1v) is 14.6. The summed E-state index contributed by atoms with van der Waals surface area (Å²) in [4.78, 5) is 25.2. The number of piperazine rings is 1. The smallest absolute Gasteiger partial charge is 0.161 e. The third-order valence-electron chi connectivity index (χ3n) is 7.89. The van der Waals surface area contributed by atoms with E-state index in [1.165, 1.54) is 22.4 Å². The molecule has 2 atom stereocenters. The number of hydrogen-bond donors (Lipinski definition) is 1. The van der Waals surface area contributed by atoms with Crippen LogP contribution in [0.25, 0.3) is 22.0 Å². The molecule has 3 aliphatic rings. The highest BCUT2D eigenvalue weighted by Gasteiger charge is 2.44. The molecule has 1 N–H and O–H groups in total. The molecule has 8 rings (SSSR count). The van der Waals surface area contributed by atoms with Crippen molar-refractivity contribution >= 4 is 17.2 Å². The summed E-state index contributed by atoms with van der Waals surface area (Å²) in [5, 5.41) is 8.45. The van der Waals surface area contributed by atoms with Crippen molar-refractivity contribution < 1.29 is 0 Å². The molecular weight excluding hydrogens is 516 g/mol. The molecule has 7 heterocycles. The van der Waals surface area contributed by atoms with Gasteiger partial charge in [0, 0.05) is 77.9 Å². The molecule has 0 saturated carbocycles. The molecule has 3 aliphatic heterocycles. The molecule has 4 aromatic heterocycles. The van der Waals surface area contributed by atoms with Gasteiger partial charge < -0.3 is 4.90 Å². The normalized spacial score (nSPS) is 18.6. The number of piperidine rings is 1. The second kappa shape index (κ2) is 10.2. The van der Waals surface area contributed by atoms with Crippen LogP contribution >= 0.6 is 11.3 Å². The minimum absolute atomic E-state index is 0.565. The Labute approximate surface area is 238 Å². The topological polar surface area (TPSA) is 86.7 Å². The van der Waals surface area contributed by atoms with Gasteiger partial charge >= 0.3 is 0 Å². The molecule has 0 radical (unpaired) electrons. The Balaban J connectivity index is 0.991. The van der Waals surface area contributed by atoms with Crippen LogP contribution in [-0.2, 0) is 13.0 Å². The third-order valence-corrected chi connectivity index (χ3v) is 8.85. The number of nitrogens with one attached hydrogen (secondary N) is 1. The minimum Gasteiger partial charge on any atom is -0.353 e.